The van der Waals surface area contributed by atoms with E-state index in [1.54, 1.807) is 0 Å². The van der Waals surface area contributed by atoms with Gasteiger partial charge in [-0.15, -0.1) is 0 Å². The summed E-state index contributed by atoms with van der Waals surface area (Å²) >= 11 is 0. The lowest BCUT2D eigenvalue weighted by Crippen LogP contribution is -2.26. The van der Waals surface area contributed by atoms with Crippen LogP contribution < -0.4 is 5.32 Å². The van der Waals surface area contributed by atoms with Gasteiger partial charge in [0.05, 0.1) is 12.0 Å². The van der Waals surface area contributed by atoms with Crippen LogP contribution in [0.1, 0.15) is 46.0 Å². The Labute approximate surface area is 94.1 Å². The molecule has 0 aromatic heterocycles. The molecule has 0 aliphatic heterocycles. The largest absolute Gasteiger partial charge is 0.315 e. The smallest absolute Gasteiger partial charge is 0.0671 e. The molecule has 0 saturated heterocycles. The molecule has 0 amide bonds. The van der Waals surface area contributed by atoms with Crippen molar-refractivity contribution < 1.29 is 0 Å². The minimum absolute atomic E-state index is 0.175. The molecule has 0 bridgehead atoms. The van der Waals surface area contributed by atoms with Crippen LogP contribution in [-0.4, -0.2) is 13.1 Å². The van der Waals surface area contributed by atoms with Gasteiger partial charge in [-0.05, 0) is 24.8 Å². The average Bonchev–Trinajstić information content (AvgIpc) is 2.70. The molecule has 1 fully saturated rings. The number of hydrogen-bond acceptors (Lipinski definition) is 2. The maximum absolute atomic E-state index is 8.92. The maximum Gasteiger partial charge on any atom is 0.0671 e. The first-order valence-electron chi connectivity index (χ1n) is 6.34. The Bertz CT molecular complexity index is 199. The van der Waals surface area contributed by atoms with Crippen molar-refractivity contribution in [3.63, 3.8) is 0 Å². The highest BCUT2D eigenvalue weighted by Crippen LogP contribution is 2.26. The van der Waals surface area contributed by atoms with Crippen LogP contribution in [0.3, 0.4) is 0 Å². The van der Waals surface area contributed by atoms with Gasteiger partial charge in [-0.25, -0.2) is 0 Å². The van der Waals surface area contributed by atoms with Crippen molar-refractivity contribution in [3.8, 4) is 6.07 Å². The number of rotatable bonds is 6. The van der Waals surface area contributed by atoms with E-state index in [0.29, 0.717) is 5.92 Å². The van der Waals surface area contributed by atoms with Gasteiger partial charge in [0.25, 0.3) is 0 Å². The summed E-state index contributed by atoms with van der Waals surface area (Å²) in [7, 11) is 0. The average molecular weight is 208 g/mol. The molecule has 0 aromatic rings. The standard InChI is InChI=1S/C13H24N2/c1-11(2)13(9-14)10-15-8-7-12-5-3-4-6-12/h11-13,15H,3-8,10H2,1-2H3. The monoisotopic (exact) mass is 208 g/mol. The molecule has 1 unspecified atom stereocenters. The molecule has 1 atom stereocenters. The first kappa shape index (κ1) is 12.5. The van der Waals surface area contributed by atoms with E-state index < -0.39 is 0 Å². The quantitative estimate of drug-likeness (QED) is 0.681. The van der Waals surface area contributed by atoms with Gasteiger partial charge in [-0.2, -0.15) is 5.26 Å². The van der Waals surface area contributed by atoms with Crippen LogP contribution in [-0.2, 0) is 0 Å². The number of hydrogen-bond donors (Lipinski definition) is 1. The normalized spacial score (nSPS) is 19.3. The highest BCUT2D eigenvalue weighted by Gasteiger charge is 2.15. The van der Waals surface area contributed by atoms with Crippen LogP contribution in [0.25, 0.3) is 0 Å². The third kappa shape index (κ3) is 4.66. The van der Waals surface area contributed by atoms with Crippen molar-refractivity contribution in [2.75, 3.05) is 13.1 Å². The second-order valence-corrected chi connectivity index (χ2v) is 5.12. The van der Waals surface area contributed by atoms with Crippen molar-refractivity contribution >= 4 is 0 Å². The van der Waals surface area contributed by atoms with Crippen LogP contribution >= 0.6 is 0 Å². The molecule has 0 spiro atoms. The van der Waals surface area contributed by atoms with E-state index >= 15 is 0 Å². The van der Waals surface area contributed by atoms with E-state index in [1.165, 1.54) is 32.1 Å². The Balaban J connectivity index is 2.02. The summed E-state index contributed by atoms with van der Waals surface area (Å²) in [4.78, 5) is 0. The Hall–Kier alpha value is -0.550. The van der Waals surface area contributed by atoms with Gasteiger partial charge >= 0.3 is 0 Å². The lowest BCUT2D eigenvalue weighted by molar-refractivity contribution is 0.418. The SMILES string of the molecule is CC(C)C(C#N)CNCCC1CCCC1. The van der Waals surface area contributed by atoms with Crippen molar-refractivity contribution in [3.05, 3.63) is 0 Å². The van der Waals surface area contributed by atoms with E-state index in [1.807, 2.05) is 0 Å². The number of nitrogens with one attached hydrogen (secondary N) is 1. The zero-order valence-electron chi connectivity index (χ0n) is 10.1. The fourth-order valence-electron chi connectivity index (χ4n) is 2.29. The van der Waals surface area contributed by atoms with Crippen LogP contribution in [0.4, 0.5) is 0 Å². The Morgan fingerprint density at radius 2 is 2.00 bits per heavy atom. The summed E-state index contributed by atoms with van der Waals surface area (Å²) in [5.41, 5.74) is 0. The summed E-state index contributed by atoms with van der Waals surface area (Å²) in [6, 6.07) is 2.37. The van der Waals surface area contributed by atoms with Gasteiger partial charge < -0.3 is 5.32 Å². The molecule has 1 saturated carbocycles. The molecule has 86 valence electrons. The second-order valence-electron chi connectivity index (χ2n) is 5.12. The van der Waals surface area contributed by atoms with Gasteiger partial charge in [0.15, 0.2) is 0 Å². The number of nitriles is 1. The molecule has 2 heteroatoms. The lowest BCUT2D eigenvalue weighted by Gasteiger charge is -2.15. The molecular weight excluding hydrogens is 184 g/mol. The predicted octanol–water partition coefficient (Wildman–Crippen LogP) is 2.95. The van der Waals surface area contributed by atoms with Gasteiger partial charge in [0.1, 0.15) is 0 Å². The summed E-state index contributed by atoms with van der Waals surface area (Å²) < 4.78 is 0. The summed E-state index contributed by atoms with van der Waals surface area (Å²) in [6.07, 6.45) is 7.01. The molecular formula is C13H24N2. The molecule has 2 nitrogen and oxygen atoms in total. The zero-order valence-corrected chi connectivity index (χ0v) is 10.1. The van der Waals surface area contributed by atoms with Crippen molar-refractivity contribution in [2.24, 2.45) is 17.8 Å². The van der Waals surface area contributed by atoms with Gasteiger partial charge in [0.2, 0.25) is 0 Å². The van der Waals surface area contributed by atoms with Crippen molar-refractivity contribution in [1.29, 1.82) is 5.26 Å². The minimum Gasteiger partial charge on any atom is -0.315 e. The van der Waals surface area contributed by atoms with Crippen LogP contribution in [0.15, 0.2) is 0 Å². The van der Waals surface area contributed by atoms with Gasteiger partial charge in [-0.3, -0.25) is 0 Å². The van der Waals surface area contributed by atoms with E-state index in [-0.39, 0.29) is 5.92 Å². The van der Waals surface area contributed by atoms with E-state index in [4.69, 9.17) is 5.26 Å². The molecule has 0 radical (unpaired) electrons. The molecule has 15 heavy (non-hydrogen) atoms. The molecule has 1 aliphatic carbocycles. The Kier molecular flexibility index (Phi) is 5.71. The van der Waals surface area contributed by atoms with Gasteiger partial charge in [0, 0.05) is 6.54 Å². The summed E-state index contributed by atoms with van der Waals surface area (Å²) in [6.45, 7) is 6.19. The van der Waals surface area contributed by atoms with E-state index in [0.717, 1.165) is 19.0 Å². The first-order chi connectivity index (χ1) is 7.24. The third-order valence-corrected chi connectivity index (χ3v) is 3.54. The molecule has 1 N–H and O–H groups in total. The van der Waals surface area contributed by atoms with Crippen LogP contribution in [0.5, 0.6) is 0 Å². The molecule has 0 aromatic carbocycles. The van der Waals surface area contributed by atoms with Crippen molar-refractivity contribution in [2.45, 2.75) is 46.0 Å². The third-order valence-electron chi connectivity index (χ3n) is 3.54. The summed E-state index contributed by atoms with van der Waals surface area (Å²) in [5.74, 6) is 1.60. The maximum atomic E-state index is 8.92. The van der Waals surface area contributed by atoms with Crippen LogP contribution in [0, 0.1) is 29.1 Å². The first-order valence-corrected chi connectivity index (χ1v) is 6.34. The number of nitrogens with zero attached hydrogens (tertiary/aromatic N) is 1. The molecule has 0 heterocycles. The molecule has 1 rings (SSSR count). The predicted molar refractivity (Wildman–Crippen MR) is 63.4 cm³/mol. The Morgan fingerprint density at radius 1 is 1.33 bits per heavy atom. The summed E-state index contributed by atoms with van der Waals surface area (Å²) in [5, 5.41) is 12.3. The fraction of sp³-hybridized carbons (Fsp3) is 0.923. The highest BCUT2D eigenvalue weighted by molar-refractivity contribution is 4.86. The van der Waals surface area contributed by atoms with Crippen molar-refractivity contribution in [1.82, 2.24) is 5.32 Å². The van der Waals surface area contributed by atoms with E-state index in [9.17, 15) is 0 Å². The topological polar surface area (TPSA) is 35.8 Å². The second kappa shape index (κ2) is 6.85. The lowest BCUT2D eigenvalue weighted by atomic mass is 9.97. The minimum atomic E-state index is 0.175. The van der Waals surface area contributed by atoms with Gasteiger partial charge in [-0.1, -0.05) is 39.5 Å². The van der Waals surface area contributed by atoms with Crippen LogP contribution in [0.2, 0.25) is 0 Å². The zero-order chi connectivity index (χ0) is 11.1. The Morgan fingerprint density at radius 3 is 2.53 bits per heavy atom. The molecule has 1 aliphatic rings. The fourth-order valence-corrected chi connectivity index (χ4v) is 2.29. The highest BCUT2D eigenvalue weighted by atomic mass is 14.9. The van der Waals surface area contributed by atoms with E-state index in [2.05, 4.69) is 25.2 Å².